The normalized spacial score (nSPS) is 15.3. The van der Waals surface area contributed by atoms with Gasteiger partial charge in [-0.2, -0.15) is 0 Å². The summed E-state index contributed by atoms with van der Waals surface area (Å²) in [5.74, 6) is -0.0997. The van der Waals surface area contributed by atoms with E-state index >= 15 is 0 Å². The maximum absolute atomic E-state index is 11.5. The van der Waals surface area contributed by atoms with Gasteiger partial charge < -0.3 is 15.0 Å². The number of amides is 2. The maximum Gasteiger partial charge on any atom is 0.410 e. The van der Waals surface area contributed by atoms with Crippen LogP contribution in [0.3, 0.4) is 0 Å². The zero-order valence-corrected chi connectivity index (χ0v) is 11.7. The summed E-state index contributed by atoms with van der Waals surface area (Å²) in [5.41, 5.74) is -0.477. The van der Waals surface area contributed by atoms with Crippen molar-refractivity contribution in [3.63, 3.8) is 0 Å². The third kappa shape index (κ3) is 5.06. The molecule has 2 amide bonds. The standard InChI is InChI=1S/C10H18N2O3.C2H6/c1-10(2,3)15-9(14)12-5-7(6-12)8(13)11-4;1-2/h7H,5-6H2,1-4H3,(H,11,13);1-2H3. The number of rotatable bonds is 1. The minimum absolute atomic E-state index is 0.0187. The van der Waals surface area contributed by atoms with Gasteiger partial charge in [-0.3, -0.25) is 4.79 Å². The summed E-state index contributed by atoms with van der Waals surface area (Å²) in [6.07, 6.45) is -0.345. The SMILES string of the molecule is CC.CNC(=O)C1CN(C(=O)OC(C)(C)C)C1. The highest BCUT2D eigenvalue weighted by atomic mass is 16.6. The van der Waals surface area contributed by atoms with Crippen LogP contribution >= 0.6 is 0 Å². The molecule has 0 unspecified atom stereocenters. The number of carbonyl (C=O) groups is 2. The van der Waals surface area contributed by atoms with Gasteiger partial charge in [0.1, 0.15) is 5.60 Å². The molecule has 1 N–H and O–H groups in total. The molecule has 5 heteroatoms. The molecule has 1 saturated heterocycles. The van der Waals surface area contributed by atoms with E-state index in [1.165, 1.54) is 4.90 Å². The third-order valence-corrected chi connectivity index (χ3v) is 2.15. The zero-order valence-electron chi connectivity index (χ0n) is 11.7. The molecule has 0 aromatic rings. The Kier molecular flexibility index (Phi) is 5.99. The molecule has 0 bridgehead atoms. The van der Waals surface area contributed by atoms with Gasteiger partial charge in [-0.1, -0.05) is 13.8 Å². The number of nitrogens with one attached hydrogen (secondary N) is 1. The lowest BCUT2D eigenvalue weighted by molar-refractivity contribution is -0.129. The van der Waals surface area contributed by atoms with E-state index in [0.717, 1.165) is 0 Å². The number of carbonyl (C=O) groups excluding carboxylic acids is 2. The average molecular weight is 244 g/mol. The largest absolute Gasteiger partial charge is 0.444 e. The van der Waals surface area contributed by atoms with E-state index < -0.39 is 5.60 Å². The van der Waals surface area contributed by atoms with Gasteiger partial charge in [0.25, 0.3) is 0 Å². The quantitative estimate of drug-likeness (QED) is 0.762. The summed E-state index contributed by atoms with van der Waals surface area (Å²) in [4.78, 5) is 24.2. The van der Waals surface area contributed by atoms with Crippen LogP contribution < -0.4 is 5.32 Å². The molecule has 1 aliphatic rings. The number of hydrogen-bond donors (Lipinski definition) is 1. The highest BCUT2D eigenvalue weighted by Crippen LogP contribution is 2.19. The molecule has 0 saturated carbocycles. The second-order valence-corrected chi connectivity index (χ2v) is 4.70. The second-order valence-electron chi connectivity index (χ2n) is 4.70. The fourth-order valence-corrected chi connectivity index (χ4v) is 1.32. The highest BCUT2D eigenvalue weighted by Gasteiger charge is 2.37. The molecule has 17 heavy (non-hydrogen) atoms. The zero-order chi connectivity index (χ0) is 13.6. The first-order valence-corrected chi connectivity index (χ1v) is 6.03. The third-order valence-electron chi connectivity index (χ3n) is 2.15. The molecule has 1 heterocycles. The van der Waals surface area contributed by atoms with E-state index in [1.54, 1.807) is 7.05 Å². The Labute approximate surface area is 103 Å². The van der Waals surface area contributed by atoms with Gasteiger partial charge in [0.15, 0.2) is 0 Å². The molecular weight excluding hydrogens is 220 g/mol. The summed E-state index contributed by atoms with van der Waals surface area (Å²) in [6, 6.07) is 0. The molecule has 100 valence electrons. The van der Waals surface area contributed by atoms with Gasteiger partial charge in [0.2, 0.25) is 5.91 Å². The first-order valence-electron chi connectivity index (χ1n) is 6.03. The van der Waals surface area contributed by atoms with Crippen LogP contribution in [0.1, 0.15) is 34.6 Å². The summed E-state index contributed by atoms with van der Waals surface area (Å²) in [5, 5.41) is 2.56. The van der Waals surface area contributed by atoms with Crippen molar-refractivity contribution < 1.29 is 14.3 Å². The molecule has 1 aliphatic heterocycles. The molecule has 0 radical (unpaired) electrons. The van der Waals surface area contributed by atoms with Crippen molar-refractivity contribution in [1.29, 1.82) is 0 Å². The van der Waals surface area contributed by atoms with Crippen LogP contribution in [-0.2, 0) is 9.53 Å². The predicted molar refractivity (Wildman–Crippen MR) is 66.7 cm³/mol. The predicted octanol–water partition coefficient (Wildman–Crippen LogP) is 1.63. The highest BCUT2D eigenvalue weighted by molar-refractivity contribution is 5.82. The fraction of sp³-hybridized carbons (Fsp3) is 0.833. The van der Waals surface area contributed by atoms with Gasteiger partial charge >= 0.3 is 6.09 Å². The van der Waals surface area contributed by atoms with Crippen LogP contribution in [0.25, 0.3) is 0 Å². The molecular formula is C12H24N2O3. The molecule has 0 atom stereocenters. The molecule has 0 spiro atoms. The molecule has 0 aliphatic carbocycles. The van der Waals surface area contributed by atoms with Crippen LogP contribution in [0.15, 0.2) is 0 Å². The van der Waals surface area contributed by atoms with E-state index in [1.807, 2.05) is 34.6 Å². The Hall–Kier alpha value is -1.26. The molecule has 0 aromatic heterocycles. The van der Waals surface area contributed by atoms with Crippen LogP contribution in [0.4, 0.5) is 4.79 Å². The average Bonchev–Trinajstić information content (AvgIpc) is 2.15. The second kappa shape index (κ2) is 6.47. The molecule has 5 nitrogen and oxygen atoms in total. The fourth-order valence-electron chi connectivity index (χ4n) is 1.32. The summed E-state index contributed by atoms with van der Waals surface area (Å²) in [7, 11) is 1.60. The van der Waals surface area contributed by atoms with Crippen LogP contribution in [0, 0.1) is 5.92 Å². The Balaban J connectivity index is 0.00000121. The van der Waals surface area contributed by atoms with E-state index in [2.05, 4.69) is 5.32 Å². The molecule has 1 fully saturated rings. The van der Waals surface area contributed by atoms with Crippen molar-refractivity contribution >= 4 is 12.0 Å². The van der Waals surface area contributed by atoms with Crippen molar-refractivity contribution in [1.82, 2.24) is 10.2 Å². The number of hydrogen-bond acceptors (Lipinski definition) is 3. The minimum Gasteiger partial charge on any atom is -0.444 e. The number of ether oxygens (including phenoxy) is 1. The van der Waals surface area contributed by atoms with Crippen LogP contribution in [-0.4, -0.2) is 42.6 Å². The Morgan fingerprint density at radius 1 is 1.24 bits per heavy atom. The van der Waals surface area contributed by atoms with E-state index in [0.29, 0.717) is 13.1 Å². The first kappa shape index (κ1) is 15.7. The maximum atomic E-state index is 11.5. The Bertz CT molecular complexity index is 265. The number of nitrogens with zero attached hydrogens (tertiary/aromatic N) is 1. The summed E-state index contributed by atoms with van der Waals surface area (Å²) in [6.45, 7) is 10.4. The number of likely N-dealkylation sites (tertiary alicyclic amines) is 1. The van der Waals surface area contributed by atoms with Gasteiger partial charge in [-0.25, -0.2) is 4.79 Å². The summed E-state index contributed by atoms with van der Waals surface area (Å²) < 4.78 is 5.16. The lowest BCUT2D eigenvalue weighted by Gasteiger charge is -2.38. The topological polar surface area (TPSA) is 58.6 Å². The van der Waals surface area contributed by atoms with Gasteiger partial charge in [-0.15, -0.1) is 0 Å². The van der Waals surface area contributed by atoms with Crippen molar-refractivity contribution in [2.24, 2.45) is 5.92 Å². The molecule has 0 aromatic carbocycles. The first-order chi connectivity index (χ1) is 7.83. The van der Waals surface area contributed by atoms with Gasteiger partial charge in [-0.05, 0) is 20.8 Å². The Morgan fingerprint density at radius 3 is 2.06 bits per heavy atom. The Morgan fingerprint density at radius 2 is 1.71 bits per heavy atom. The smallest absolute Gasteiger partial charge is 0.410 e. The minimum atomic E-state index is -0.477. The van der Waals surface area contributed by atoms with Crippen molar-refractivity contribution in [3.8, 4) is 0 Å². The monoisotopic (exact) mass is 244 g/mol. The van der Waals surface area contributed by atoms with E-state index in [-0.39, 0.29) is 17.9 Å². The van der Waals surface area contributed by atoms with E-state index in [9.17, 15) is 9.59 Å². The van der Waals surface area contributed by atoms with Crippen LogP contribution in [0.2, 0.25) is 0 Å². The molecule has 1 rings (SSSR count). The van der Waals surface area contributed by atoms with Crippen molar-refractivity contribution in [2.75, 3.05) is 20.1 Å². The lowest BCUT2D eigenvalue weighted by atomic mass is 10.0. The summed E-state index contributed by atoms with van der Waals surface area (Å²) >= 11 is 0. The van der Waals surface area contributed by atoms with Crippen LogP contribution in [0.5, 0.6) is 0 Å². The lowest BCUT2D eigenvalue weighted by Crippen LogP contribution is -2.56. The van der Waals surface area contributed by atoms with Crippen molar-refractivity contribution in [2.45, 2.75) is 40.2 Å². The van der Waals surface area contributed by atoms with E-state index in [4.69, 9.17) is 4.74 Å². The van der Waals surface area contributed by atoms with Crippen molar-refractivity contribution in [3.05, 3.63) is 0 Å². The van der Waals surface area contributed by atoms with Gasteiger partial charge in [0.05, 0.1) is 5.92 Å². The van der Waals surface area contributed by atoms with Gasteiger partial charge in [0, 0.05) is 20.1 Å².